The van der Waals surface area contributed by atoms with Crippen molar-refractivity contribution in [1.29, 1.82) is 0 Å². The number of aromatic nitrogens is 1. The van der Waals surface area contributed by atoms with Crippen molar-refractivity contribution in [3.63, 3.8) is 0 Å². The number of nitrogens with zero attached hydrogens (tertiary/aromatic N) is 1. The molecule has 112 valence electrons. The first kappa shape index (κ1) is 15.4. The first-order valence-electron chi connectivity index (χ1n) is 6.98. The zero-order valence-corrected chi connectivity index (χ0v) is 12.9. The number of halogens is 1. The molecule has 0 aliphatic heterocycles. The van der Waals surface area contributed by atoms with Gasteiger partial charge in [-0.1, -0.05) is 12.1 Å². The molecule has 0 unspecified atom stereocenters. The summed E-state index contributed by atoms with van der Waals surface area (Å²) in [5, 5.41) is 3.37. The third kappa shape index (κ3) is 4.83. The fraction of sp³-hybridized carbons (Fsp3) is 0.353. The Morgan fingerprint density at radius 2 is 1.95 bits per heavy atom. The Morgan fingerprint density at radius 3 is 2.62 bits per heavy atom. The first-order valence-corrected chi connectivity index (χ1v) is 6.98. The van der Waals surface area contributed by atoms with Gasteiger partial charge >= 0.3 is 0 Å². The average molecular weight is 288 g/mol. The summed E-state index contributed by atoms with van der Waals surface area (Å²) in [6.45, 7) is 8.67. The van der Waals surface area contributed by atoms with E-state index in [0.717, 1.165) is 5.69 Å². The van der Waals surface area contributed by atoms with E-state index in [9.17, 15) is 4.39 Å². The molecule has 0 fully saturated rings. The van der Waals surface area contributed by atoms with E-state index < -0.39 is 0 Å². The van der Waals surface area contributed by atoms with Crippen molar-refractivity contribution in [1.82, 2.24) is 10.3 Å². The SMILES string of the molecule is Cc1ccc(Oc2cccc(CNC(C)(C)C)n2)cc1F. The van der Waals surface area contributed by atoms with Crippen molar-refractivity contribution < 1.29 is 9.13 Å². The number of hydrogen-bond donors (Lipinski definition) is 1. The summed E-state index contributed by atoms with van der Waals surface area (Å²) in [6.07, 6.45) is 0. The Balaban J connectivity index is 2.08. The Bertz CT molecular complexity index is 620. The maximum absolute atomic E-state index is 13.5. The zero-order chi connectivity index (χ0) is 15.5. The van der Waals surface area contributed by atoms with Crippen LogP contribution in [0, 0.1) is 12.7 Å². The lowest BCUT2D eigenvalue weighted by atomic mass is 10.1. The van der Waals surface area contributed by atoms with Gasteiger partial charge in [0.1, 0.15) is 11.6 Å². The number of benzene rings is 1. The molecule has 1 aromatic carbocycles. The van der Waals surface area contributed by atoms with Crippen molar-refractivity contribution in [2.45, 2.75) is 39.8 Å². The van der Waals surface area contributed by atoms with Gasteiger partial charge in [-0.3, -0.25) is 0 Å². The number of hydrogen-bond acceptors (Lipinski definition) is 3. The van der Waals surface area contributed by atoms with Crippen LogP contribution in [0.4, 0.5) is 4.39 Å². The zero-order valence-electron chi connectivity index (χ0n) is 12.9. The first-order chi connectivity index (χ1) is 9.83. The van der Waals surface area contributed by atoms with Crippen molar-refractivity contribution in [2.75, 3.05) is 0 Å². The van der Waals surface area contributed by atoms with Crippen molar-refractivity contribution in [3.8, 4) is 11.6 Å². The summed E-state index contributed by atoms with van der Waals surface area (Å²) in [7, 11) is 0. The van der Waals surface area contributed by atoms with Crippen LogP contribution in [-0.4, -0.2) is 10.5 Å². The molecule has 0 bridgehead atoms. The highest BCUT2D eigenvalue weighted by Crippen LogP contribution is 2.22. The predicted octanol–water partition coefficient (Wildman–Crippen LogP) is 4.21. The molecule has 1 aromatic heterocycles. The summed E-state index contributed by atoms with van der Waals surface area (Å²) in [4.78, 5) is 4.42. The second kappa shape index (κ2) is 6.22. The molecular weight excluding hydrogens is 267 g/mol. The van der Waals surface area contributed by atoms with E-state index in [1.165, 1.54) is 6.07 Å². The molecule has 1 heterocycles. The number of pyridine rings is 1. The second-order valence-corrected chi connectivity index (χ2v) is 6.08. The monoisotopic (exact) mass is 288 g/mol. The van der Waals surface area contributed by atoms with E-state index in [0.29, 0.717) is 23.7 Å². The minimum absolute atomic E-state index is 0.0264. The van der Waals surface area contributed by atoms with Gasteiger partial charge in [-0.15, -0.1) is 0 Å². The molecule has 21 heavy (non-hydrogen) atoms. The molecule has 1 N–H and O–H groups in total. The largest absolute Gasteiger partial charge is 0.439 e. The quantitative estimate of drug-likeness (QED) is 0.915. The molecule has 0 atom stereocenters. The predicted molar refractivity (Wildman–Crippen MR) is 82.0 cm³/mol. The van der Waals surface area contributed by atoms with Crippen LogP contribution in [0.25, 0.3) is 0 Å². The normalized spacial score (nSPS) is 11.5. The third-order valence-electron chi connectivity index (χ3n) is 2.95. The van der Waals surface area contributed by atoms with E-state index in [2.05, 4.69) is 31.1 Å². The standard InChI is InChI=1S/C17H21FN2O/c1-12-8-9-14(10-15(12)18)21-16-7-5-6-13(20-16)11-19-17(2,3)4/h5-10,19H,11H2,1-4H3. The molecule has 0 aliphatic rings. The maximum Gasteiger partial charge on any atom is 0.219 e. The van der Waals surface area contributed by atoms with E-state index in [1.54, 1.807) is 25.1 Å². The lowest BCUT2D eigenvalue weighted by molar-refractivity contribution is 0.415. The van der Waals surface area contributed by atoms with Crippen LogP contribution in [0.15, 0.2) is 36.4 Å². The Labute approximate surface area is 125 Å². The molecule has 0 amide bonds. The van der Waals surface area contributed by atoms with E-state index in [-0.39, 0.29) is 11.4 Å². The summed E-state index contributed by atoms with van der Waals surface area (Å²) in [5.74, 6) is 0.635. The molecule has 2 aromatic rings. The third-order valence-corrected chi connectivity index (χ3v) is 2.95. The lowest BCUT2D eigenvalue weighted by Crippen LogP contribution is -2.35. The van der Waals surface area contributed by atoms with Crippen LogP contribution in [0.1, 0.15) is 32.0 Å². The molecule has 2 rings (SSSR count). The smallest absolute Gasteiger partial charge is 0.219 e. The minimum Gasteiger partial charge on any atom is -0.439 e. The van der Waals surface area contributed by atoms with E-state index in [4.69, 9.17) is 4.74 Å². The second-order valence-electron chi connectivity index (χ2n) is 6.08. The van der Waals surface area contributed by atoms with Gasteiger partial charge in [0.15, 0.2) is 0 Å². The van der Waals surface area contributed by atoms with Gasteiger partial charge in [0.25, 0.3) is 0 Å². The summed E-state index contributed by atoms with van der Waals surface area (Å²) >= 11 is 0. The van der Waals surface area contributed by atoms with Gasteiger partial charge in [0, 0.05) is 24.2 Å². The van der Waals surface area contributed by atoms with Gasteiger partial charge < -0.3 is 10.1 Å². The van der Waals surface area contributed by atoms with E-state index >= 15 is 0 Å². The number of aryl methyl sites for hydroxylation is 1. The average Bonchev–Trinajstić information content (AvgIpc) is 2.40. The Morgan fingerprint density at radius 1 is 1.19 bits per heavy atom. The van der Waals surface area contributed by atoms with Crippen molar-refractivity contribution in [3.05, 3.63) is 53.5 Å². The molecule has 0 saturated heterocycles. The van der Waals surface area contributed by atoms with Crippen molar-refractivity contribution >= 4 is 0 Å². The van der Waals surface area contributed by atoms with Gasteiger partial charge in [0.2, 0.25) is 5.88 Å². The highest BCUT2D eigenvalue weighted by atomic mass is 19.1. The number of rotatable bonds is 4. The van der Waals surface area contributed by atoms with Gasteiger partial charge in [-0.25, -0.2) is 9.37 Å². The van der Waals surface area contributed by atoms with Crippen LogP contribution < -0.4 is 10.1 Å². The lowest BCUT2D eigenvalue weighted by Gasteiger charge is -2.20. The Kier molecular flexibility index (Phi) is 4.58. The number of ether oxygens (including phenoxy) is 1. The fourth-order valence-corrected chi connectivity index (χ4v) is 1.73. The fourth-order valence-electron chi connectivity index (χ4n) is 1.73. The molecule has 3 nitrogen and oxygen atoms in total. The molecular formula is C17H21FN2O. The van der Waals surface area contributed by atoms with Gasteiger partial charge in [-0.2, -0.15) is 0 Å². The molecule has 0 aliphatic carbocycles. The molecule has 0 radical (unpaired) electrons. The number of nitrogens with one attached hydrogen (secondary N) is 1. The molecule has 0 saturated carbocycles. The minimum atomic E-state index is -0.280. The summed E-state index contributed by atoms with van der Waals surface area (Å²) < 4.78 is 19.1. The molecule has 0 spiro atoms. The van der Waals surface area contributed by atoms with Gasteiger partial charge in [-0.05, 0) is 45.4 Å². The van der Waals surface area contributed by atoms with Crippen LogP contribution in [0.3, 0.4) is 0 Å². The van der Waals surface area contributed by atoms with Crippen LogP contribution >= 0.6 is 0 Å². The highest BCUT2D eigenvalue weighted by molar-refractivity contribution is 5.31. The van der Waals surface area contributed by atoms with Crippen molar-refractivity contribution in [2.24, 2.45) is 0 Å². The molecule has 4 heteroatoms. The van der Waals surface area contributed by atoms with Gasteiger partial charge in [0.05, 0.1) is 5.69 Å². The Hall–Kier alpha value is -1.94. The van der Waals surface area contributed by atoms with Crippen LogP contribution in [-0.2, 0) is 6.54 Å². The summed E-state index contributed by atoms with van der Waals surface area (Å²) in [5.41, 5.74) is 1.51. The maximum atomic E-state index is 13.5. The van der Waals surface area contributed by atoms with E-state index in [1.807, 2.05) is 12.1 Å². The topological polar surface area (TPSA) is 34.1 Å². The summed E-state index contributed by atoms with van der Waals surface area (Å²) in [6, 6.07) is 10.4. The highest BCUT2D eigenvalue weighted by Gasteiger charge is 2.09. The van der Waals surface area contributed by atoms with Crippen LogP contribution in [0.5, 0.6) is 11.6 Å². The van der Waals surface area contributed by atoms with Crippen LogP contribution in [0.2, 0.25) is 0 Å².